The Labute approximate surface area is 144 Å². The van der Waals surface area contributed by atoms with Crippen molar-refractivity contribution < 1.29 is 14.3 Å². The molecular weight excluding hydrogens is 304 g/mol. The fraction of sp³-hybridized carbons (Fsp3) is 0.579. The van der Waals surface area contributed by atoms with E-state index >= 15 is 0 Å². The lowest BCUT2D eigenvalue weighted by molar-refractivity contribution is -0.138. The molecule has 2 rings (SSSR count). The van der Waals surface area contributed by atoms with Gasteiger partial charge in [-0.15, -0.1) is 0 Å². The lowest BCUT2D eigenvalue weighted by Gasteiger charge is -2.23. The normalized spacial score (nSPS) is 17.8. The Morgan fingerprint density at radius 1 is 1.21 bits per heavy atom. The average Bonchev–Trinajstić information content (AvgIpc) is 3.06. The number of hydrogen-bond donors (Lipinski definition) is 2. The molecule has 1 unspecified atom stereocenters. The van der Waals surface area contributed by atoms with Crippen molar-refractivity contribution in [3.63, 3.8) is 0 Å². The van der Waals surface area contributed by atoms with E-state index < -0.39 is 5.41 Å². The van der Waals surface area contributed by atoms with Gasteiger partial charge in [0, 0.05) is 18.8 Å². The number of hydrogen-bond acceptors (Lipinski definition) is 3. The van der Waals surface area contributed by atoms with Crippen molar-refractivity contribution in [2.75, 3.05) is 18.5 Å². The summed E-state index contributed by atoms with van der Waals surface area (Å²) < 4.78 is 5.49. The summed E-state index contributed by atoms with van der Waals surface area (Å²) in [5, 5.41) is 5.66. The molecule has 2 amide bonds. The Morgan fingerprint density at radius 2 is 1.88 bits per heavy atom. The number of nitrogens with one attached hydrogen (secondary N) is 2. The highest BCUT2D eigenvalue weighted by Gasteiger charge is 2.36. The summed E-state index contributed by atoms with van der Waals surface area (Å²) in [5.74, 6) is -0.159. The van der Waals surface area contributed by atoms with Crippen molar-refractivity contribution in [3.05, 3.63) is 29.8 Å². The number of rotatable bonds is 6. The summed E-state index contributed by atoms with van der Waals surface area (Å²) in [6.45, 7) is 8.71. The Kier molecular flexibility index (Phi) is 5.99. The summed E-state index contributed by atoms with van der Waals surface area (Å²) in [6.07, 6.45) is 2.04. The van der Waals surface area contributed by atoms with Gasteiger partial charge in [-0.1, -0.05) is 26.0 Å². The predicted molar refractivity (Wildman–Crippen MR) is 94.9 cm³/mol. The first-order valence-electron chi connectivity index (χ1n) is 8.62. The number of carbonyl (C=O) groups excluding carboxylic acids is 2. The van der Waals surface area contributed by atoms with Crippen molar-refractivity contribution in [2.45, 2.75) is 52.6 Å². The van der Waals surface area contributed by atoms with Crippen LogP contribution in [0.5, 0.6) is 0 Å². The third-order valence-electron chi connectivity index (χ3n) is 4.48. The quantitative estimate of drug-likeness (QED) is 0.787. The second-order valence-corrected chi connectivity index (χ2v) is 7.20. The van der Waals surface area contributed by atoms with Crippen LogP contribution in [-0.2, 0) is 14.3 Å². The third kappa shape index (κ3) is 4.57. The summed E-state index contributed by atoms with van der Waals surface area (Å²) in [4.78, 5) is 24.9. The SMILES string of the molecule is CC(C)c1ccc(NC(=O)C(C)(C)C(=O)NCC2CCCO2)cc1. The van der Waals surface area contributed by atoms with Gasteiger partial charge in [-0.05, 0) is 50.3 Å². The number of amides is 2. The Hall–Kier alpha value is -1.88. The maximum Gasteiger partial charge on any atom is 0.239 e. The average molecular weight is 332 g/mol. The van der Waals surface area contributed by atoms with Gasteiger partial charge in [-0.3, -0.25) is 9.59 Å². The summed E-state index contributed by atoms with van der Waals surface area (Å²) in [6, 6.07) is 7.72. The van der Waals surface area contributed by atoms with E-state index in [1.165, 1.54) is 5.56 Å². The molecule has 5 heteroatoms. The Morgan fingerprint density at radius 3 is 2.42 bits per heavy atom. The summed E-state index contributed by atoms with van der Waals surface area (Å²) >= 11 is 0. The van der Waals surface area contributed by atoms with Crippen molar-refractivity contribution in [2.24, 2.45) is 5.41 Å². The number of ether oxygens (including phenoxy) is 1. The second kappa shape index (κ2) is 7.79. The minimum absolute atomic E-state index is 0.0661. The molecule has 132 valence electrons. The van der Waals surface area contributed by atoms with Gasteiger partial charge in [-0.2, -0.15) is 0 Å². The van der Waals surface area contributed by atoms with Crippen LogP contribution in [0.2, 0.25) is 0 Å². The molecule has 2 N–H and O–H groups in total. The van der Waals surface area contributed by atoms with Crippen LogP contribution in [0.3, 0.4) is 0 Å². The van der Waals surface area contributed by atoms with Crippen LogP contribution < -0.4 is 10.6 Å². The molecular formula is C19H28N2O3. The van der Waals surface area contributed by atoms with E-state index in [0.29, 0.717) is 18.2 Å². The highest BCUT2D eigenvalue weighted by Crippen LogP contribution is 2.21. The standard InChI is InChI=1S/C19H28N2O3/c1-13(2)14-7-9-15(10-8-14)21-18(23)19(3,4)17(22)20-12-16-6-5-11-24-16/h7-10,13,16H,5-6,11-12H2,1-4H3,(H,20,22)(H,21,23). The number of anilines is 1. The molecule has 0 spiro atoms. The first kappa shape index (κ1) is 18.5. The molecule has 1 aromatic carbocycles. The maximum atomic E-state index is 12.5. The van der Waals surface area contributed by atoms with E-state index in [1.54, 1.807) is 13.8 Å². The van der Waals surface area contributed by atoms with Crippen LogP contribution in [0.15, 0.2) is 24.3 Å². The Bertz CT molecular complexity index is 573. The first-order chi connectivity index (χ1) is 11.3. The molecule has 1 fully saturated rings. The second-order valence-electron chi connectivity index (χ2n) is 7.20. The zero-order chi connectivity index (χ0) is 17.7. The van der Waals surface area contributed by atoms with Crippen molar-refractivity contribution >= 4 is 17.5 Å². The highest BCUT2D eigenvalue weighted by molar-refractivity contribution is 6.09. The lowest BCUT2D eigenvalue weighted by Crippen LogP contribution is -2.47. The van der Waals surface area contributed by atoms with Crippen LogP contribution in [0.4, 0.5) is 5.69 Å². The maximum absolute atomic E-state index is 12.5. The van der Waals surface area contributed by atoms with Crippen LogP contribution in [0.1, 0.15) is 52.0 Å². The van der Waals surface area contributed by atoms with Gasteiger partial charge in [-0.25, -0.2) is 0 Å². The first-order valence-corrected chi connectivity index (χ1v) is 8.62. The van der Waals surface area contributed by atoms with E-state index in [0.717, 1.165) is 19.4 Å². The summed E-state index contributed by atoms with van der Waals surface area (Å²) in [7, 11) is 0. The Balaban J connectivity index is 1.91. The van der Waals surface area contributed by atoms with Crippen molar-refractivity contribution in [1.82, 2.24) is 5.32 Å². The lowest BCUT2D eigenvalue weighted by atomic mass is 9.90. The van der Waals surface area contributed by atoms with Gasteiger partial charge >= 0.3 is 0 Å². The molecule has 0 aliphatic carbocycles. The molecule has 1 aromatic rings. The van der Waals surface area contributed by atoms with Gasteiger partial charge in [0.05, 0.1) is 6.10 Å². The van der Waals surface area contributed by atoms with E-state index in [1.807, 2.05) is 24.3 Å². The number of carbonyl (C=O) groups is 2. The van der Waals surface area contributed by atoms with E-state index in [-0.39, 0.29) is 17.9 Å². The number of benzene rings is 1. The van der Waals surface area contributed by atoms with Crippen LogP contribution in [0, 0.1) is 5.41 Å². The molecule has 0 aromatic heterocycles. The van der Waals surface area contributed by atoms with Crippen molar-refractivity contribution in [1.29, 1.82) is 0 Å². The molecule has 1 atom stereocenters. The van der Waals surface area contributed by atoms with Crippen LogP contribution in [-0.4, -0.2) is 31.1 Å². The summed E-state index contributed by atoms with van der Waals surface area (Å²) in [5.41, 5.74) is 0.765. The van der Waals surface area contributed by atoms with Gasteiger partial charge in [0.1, 0.15) is 5.41 Å². The predicted octanol–water partition coefficient (Wildman–Crippen LogP) is 3.07. The fourth-order valence-corrected chi connectivity index (χ4v) is 2.57. The third-order valence-corrected chi connectivity index (χ3v) is 4.48. The van der Waals surface area contributed by atoms with Gasteiger partial charge in [0.15, 0.2) is 0 Å². The molecule has 1 saturated heterocycles. The molecule has 24 heavy (non-hydrogen) atoms. The van der Waals surface area contributed by atoms with Crippen LogP contribution in [0.25, 0.3) is 0 Å². The van der Waals surface area contributed by atoms with Crippen molar-refractivity contribution in [3.8, 4) is 0 Å². The molecule has 5 nitrogen and oxygen atoms in total. The van der Waals surface area contributed by atoms with E-state index in [2.05, 4.69) is 24.5 Å². The minimum Gasteiger partial charge on any atom is -0.376 e. The largest absolute Gasteiger partial charge is 0.376 e. The van der Waals surface area contributed by atoms with Gasteiger partial charge in [0.2, 0.25) is 11.8 Å². The minimum atomic E-state index is -1.14. The molecule has 0 saturated carbocycles. The molecule has 0 radical (unpaired) electrons. The monoisotopic (exact) mass is 332 g/mol. The van der Waals surface area contributed by atoms with E-state index in [4.69, 9.17) is 4.74 Å². The molecule has 1 heterocycles. The molecule has 0 bridgehead atoms. The van der Waals surface area contributed by atoms with Gasteiger partial charge in [0.25, 0.3) is 0 Å². The van der Waals surface area contributed by atoms with Crippen LogP contribution >= 0.6 is 0 Å². The molecule has 1 aliphatic rings. The zero-order valence-corrected chi connectivity index (χ0v) is 15.0. The zero-order valence-electron chi connectivity index (χ0n) is 15.0. The fourth-order valence-electron chi connectivity index (χ4n) is 2.57. The topological polar surface area (TPSA) is 67.4 Å². The molecule has 1 aliphatic heterocycles. The van der Waals surface area contributed by atoms with Gasteiger partial charge < -0.3 is 15.4 Å². The van der Waals surface area contributed by atoms with E-state index in [9.17, 15) is 9.59 Å². The highest BCUT2D eigenvalue weighted by atomic mass is 16.5. The smallest absolute Gasteiger partial charge is 0.239 e.